The molecule has 2 N–H and O–H groups in total. The Bertz CT molecular complexity index is 349. The quantitative estimate of drug-likeness (QED) is 0.343. The summed E-state index contributed by atoms with van der Waals surface area (Å²) in [5.41, 5.74) is 0. The van der Waals surface area contributed by atoms with Gasteiger partial charge in [-0.25, -0.2) is 0 Å². The number of unbranched alkanes of at least 4 members (excludes halogenated alkanes) is 5. The number of carbonyl (C=O) groups is 2. The van der Waals surface area contributed by atoms with Crippen molar-refractivity contribution in [1.82, 2.24) is 0 Å². The van der Waals surface area contributed by atoms with E-state index < -0.39 is 12.1 Å². The van der Waals surface area contributed by atoms with Gasteiger partial charge in [0.05, 0.1) is 6.10 Å². The van der Waals surface area contributed by atoms with Crippen LogP contribution in [0.4, 0.5) is 0 Å². The highest BCUT2D eigenvalue weighted by Gasteiger charge is 2.12. The van der Waals surface area contributed by atoms with E-state index in [-0.39, 0.29) is 18.1 Å². The molecule has 0 aliphatic rings. The van der Waals surface area contributed by atoms with E-state index in [1.54, 1.807) is 6.92 Å². The molecule has 0 heterocycles. The lowest BCUT2D eigenvalue weighted by Gasteiger charge is -2.11. The van der Waals surface area contributed by atoms with E-state index in [1.165, 1.54) is 0 Å². The maximum atomic E-state index is 11.7. The predicted molar refractivity (Wildman–Crippen MR) is 93.4 cm³/mol. The number of hydrogen-bond acceptors (Lipinski definition) is 3. The first-order valence-corrected chi connectivity index (χ1v) is 9.04. The van der Waals surface area contributed by atoms with E-state index in [1.807, 2.05) is 12.2 Å². The molecule has 0 radical (unpaired) electrons. The van der Waals surface area contributed by atoms with Gasteiger partial charge in [-0.1, -0.05) is 57.6 Å². The van der Waals surface area contributed by atoms with Gasteiger partial charge in [-0.2, -0.15) is 0 Å². The molecule has 0 aromatic heterocycles. The molecule has 23 heavy (non-hydrogen) atoms. The summed E-state index contributed by atoms with van der Waals surface area (Å²) >= 11 is 0. The third-order valence-electron chi connectivity index (χ3n) is 4.15. The van der Waals surface area contributed by atoms with E-state index in [0.29, 0.717) is 12.8 Å². The largest absolute Gasteiger partial charge is 0.481 e. The molecule has 0 aliphatic carbocycles. The molecule has 0 aromatic carbocycles. The van der Waals surface area contributed by atoms with Gasteiger partial charge in [-0.15, -0.1) is 0 Å². The summed E-state index contributed by atoms with van der Waals surface area (Å²) in [6.45, 7) is 3.77. The number of Topliss-reactive ketones (excluding diaryl/α,β-unsaturated/α-hetero) is 1. The molecule has 0 saturated heterocycles. The molecule has 0 saturated carbocycles. The van der Waals surface area contributed by atoms with Crippen molar-refractivity contribution in [3.8, 4) is 0 Å². The zero-order valence-electron chi connectivity index (χ0n) is 14.8. The van der Waals surface area contributed by atoms with Crippen LogP contribution in [-0.2, 0) is 9.59 Å². The Morgan fingerprint density at radius 2 is 1.65 bits per heavy atom. The van der Waals surface area contributed by atoms with Crippen LogP contribution in [0.3, 0.4) is 0 Å². The van der Waals surface area contributed by atoms with Crippen LogP contribution < -0.4 is 0 Å². The first-order chi connectivity index (χ1) is 11.0. The molecule has 134 valence electrons. The monoisotopic (exact) mass is 326 g/mol. The smallest absolute Gasteiger partial charge is 0.303 e. The molecule has 2 atom stereocenters. The molecule has 0 aromatic rings. The van der Waals surface area contributed by atoms with Crippen molar-refractivity contribution >= 4 is 11.8 Å². The fourth-order valence-corrected chi connectivity index (χ4v) is 2.61. The van der Waals surface area contributed by atoms with E-state index in [0.717, 1.165) is 51.4 Å². The Morgan fingerprint density at radius 3 is 2.26 bits per heavy atom. The van der Waals surface area contributed by atoms with Gasteiger partial charge in [0.25, 0.3) is 0 Å². The lowest BCUT2D eigenvalue weighted by molar-refractivity contribution is -0.137. The van der Waals surface area contributed by atoms with Gasteiger partial charge < -0.3 is 10.2 Å². The number of carboxylic acid groups (broad SMARTS) is 1. The van der Waals surface area contributed by atoms with Gasteiger partial charge in [0.15, 0.2) is 0 Å². The molecule has 0 unspecified atom stereocenters. The first-order valence-electron chi connectivity index (χ1n) is 9.04. The minimum absolute atomic E-state index is 0.0218. The summed E-state index contributed by atoms with van der Waals surface area (Å²) in [7, 11) is 0. The predicted octanol–water partition coefficient (Wildman–Crippen LogP) is 4.50. The highest BCUT2D eigenvalue weighted by molar-refractivity contribution is 5.78. The van der Waals surface area contributed by atoms with Gasteiger partial charge in [-0.3, -0.25) is 9.59 Å². The van der Waals surface area contributed by atoms with E-state index in [4.69, 9.17) is 5.11 Å². The number of rotatable bonds is 15. The Balaban J connectivity index is 3.89. The second-order valence-corrected chi connectivity index (χ2v) is 6.38. The summed E-state index contributed by atoms with van der Waals surface area (Å²) in [5.74, 6) is -0.525. The van der Waals surface area contributed by atoms with Crippen LogP contribution in [0.15, 0.2) is 12.2 Å². The van der Waals surface area contributed by atoms with Gasteiger partial charge in [0.2, 0.25) is 0 Å². The molecule has 0 spiro atoms. The number of allylic oxidation sites excluding steroid dienone is 1. The van der Waals surface area contributed by atoms with Crippen LogP contribution >= 0.6 is 0 Å². The lowest BCUT2D eigenvalue weighted by Crippen LogP contribution is -2.10. The fraction of sp³-hybridized carbons (Fsp3) is 0.789. The zero-order chi connectivity index (χ0) is 17.5. The van der Waals surface area contributed by atoms with Gasteiger partial charge in [0.1, 0.15) is 5.78 Å². The van der Waals surface area contributed by atoms with Crippen molar-refractivity contribution in [2.24, 2.45) is 5.92 Å². The Hall–Kier alpha value is -1.16. The summed E-state index contributed by atoms with van der Waals surface area (Å²) in [5, 5.41) is 18.4. The average Bonchev–Trinajstić information content (AvgIpc) is 2.48. The van der Waals surface area contributed by atoms with Crippen molar-refractivity contribution in [2.45, 2.75) is 90.6 Å². The van der Waals surface area contributed by atoms with Crippen molar-refractivity contribution in [3.05, 3.63) is 12.2 Å². The molecule has 0 amide bonds. The third kappa shape index (κ3) is 14.2. The first kappa shape index (κ1) is 21.8. The fourth-order valence-electron chi connectivity index (χ4n) is 2.61. The minimum Gasteiger partial charge on any atom is -0.481 e. The van der Waals surface area contributed by atoms with Crippen LogP contribution in [0.25, 0.3) is 0 Å². The number of carbonyl (C=O) groups excluding carboxylic acids is 1. The zero-order valence-corrected chi connectivity index (χ0v) is 14.8. The third-order valence-corrected chi connectivity index (χ3v) is 4.15. The van der Waals surface area contributed by atoms with E-state index >= 15 is 0 Å². The second-order valence-electron chi connectivity index (χ2n) is 6.38. The van der Waals surface area contributed by atoms with Crippen molar-refractivity contribution in [2.75, 3.05) is 0 Å². The molecular weight excluding hydrogens is 292 g/mol. The molecule has 0 bridgehead atoms. The molecule has 4 nitrogen and oxygen atoms in total. The van der Waals surface area contributed by atoms with Gasteiger partial charge >= 0.3 is 5.97 Å². The molecule has 0 rings (SSSR count). The topological polar surface area (TPSA) is 74.6 Å². The Labute approximate surface area is 141 Å². The molecular formula is C19H34O4. The van der Waals surface area contributed by atoms with E-state index in [9.17, 15) is 14.7 Å². The van der Waals surface area contributed by atoms with Gasteiger partial charge in [0, 0.05) is 12.3 Å². The maximum absolute atomic E-state index is 11.7. The van der Waals surface area contributed by atoms with Gasteiger partial charge in [-0.05, 0) is 32.6 Å². The summed E-state index contributed by atoms with van der Waals surface area (Å²) in [6.07, 6.45) is 12.8. The molecule has 0 fully saturated rings. The molecule has 4 heteroatoms. The summed E-state index contributed by atoms with van der Waals surface area (Å²) in [4.78, 5) is 22.1. The summed E-state index contributed by atoms with van der Waals surface area (Å²) < 4.78 is 0. The second kappa shape index (κ2) is 14.4. The number of aliphatic hydroxyl groups excluding tert-OH is 1. The minimum atomic E-state index is -0.741. The molecule has 0 aliphatic heterocycles. The number of aliphatic carboxylic acids is 1. The average molecular weight is 326 g/mol. The van der Waals surface area contributed by atoms with Crippen LogP contribution in [0.1, 0.15) is 84.5 Å². The normalized spacial score (nSPS) is 14.0. The van der Waals surface area contributed by atoms with E-state index in [2.05, 4.69) is 6.92 Å². The van der Waals surface area contributed by atoms with Crippen LogP contribution in [0.2, 0.25) is 0 Å². The van der Waals surface area contributed by atoms with Crippen LogP contribution in [0, 0.1) is 5.92 Å². The number of carboxylic acids is 1. The van der Waals surface area contributed by atoms with Crippen molar-refractivity contribution < 1.29 is 19.8 Å². The SMILES string of the molecule is CCCCC[C@H](O)/C=C/C[C@H](CCCCCCC(=O)O)C(C)=O. The van der Waals surface area contributed by atoms with Crippen molar-refractivity contribution in [1.29, 1.82) is 0 Å². The lowest BCUT2D eigenvalue weighted by atomic mass is 9.93. The van der Waals surface area contributed by atoms with Crippen LogP contribution in [0.5, 0.6) is 0 Å². The maximum Gasteiger partial charge on any atom is 0.303 e. The Morgan fingerprint density at radius 1 is 1.00 bits per heavy atom. The van der Waals surface area contributed by atoms with Crippen molar-refractivity contribution in [3.63, 3.8) is 0 Å². The number of aliphatic hydroxyl groups is 1. The highest BCUT2D eigenvalue weighted by atomic mass is 16.4. The standard InChI is InChI=1S/C19H34O4/c1-3-4-7-13-18(21)14-10-12-17(16(2)20)11-8-5-6-9-15-19(22)23/h10,14,17-18,21H,3-9,11-13,15H2,1-2H3,(H,22,23)/b14-10+/t17-,18-/m0/s1. The summed E-state index contributed by atoms with van der Waals surface area (Å²) in [6, 6.07) is 0. The Kier molecular flexibility index (Phi) is 13.7. The van der Waals surface area contributed by atoms with Crippen LogP contribution in [-0.4, -0.2) is 28.1 Å². The number of hydrogen-bond donors (Lipinski definition) is 2. The highest BCUT2D eigenvalue weighted by Crippen LogP contribution is 2.17. The number of ketones is 1.